The van der Waals surface area contributed by atoms with E-state index in [0.717, 1.165) is 4.88 Å². The molecule has 0 aliphatic carbocycles. The Morgan fingerprint density at radius 1 is 1.64 bits per heavy atom. The summed E-state index contributed by atoms with van der Waals surface area (Å²) in [6, 6.07) is 1.09. The monoisotopic (exact) mass is 323 g/mol. The van der Waals surface area contributed by atoms with Crippen molar-refractivity contribution in [2.24, 2.45) is 5.73 Å². The van der Waals surface area contributed by atoms with Crippen molar-refractivity contribution < 1.29 is 19.3 Å². The normalized spacial score (nSPS) is 12.6. The number of hydrogen-bond donors (Lipinski definition) is 2. The third-order valence-electron chi connectivity index (χ3n) is 2.95. The molecule has 0 radical (unpaired) electrons. The zero-order valence-electron chi connectivity index (χ0n) is 11.6. The Bertz CT molecular complexity index is 734. The van der Waals surface area contributed by atoms with Crippen molar-refractivity contribution >= 4 is 35.1 Å². The van der Waals surface area contributed by atoms with E-state index in [2.05, 4.69) is 5.16 Å². The van der Waals surface area contributed by atoms with Crippen LogP contribution >= 0.6 is 11.3 Å². The summed E-state index contributed by atoms with van der Waals surface area (Å²) in [7, 11) is 0. The number of carboxylic acid groups (broad SMARTS) is 1. The number of carbonyl (C=O) groups is 1. The molecule has 0 amide bonds. The second kappa shape index (κ2) is 6.50. The van der Waals surface area contributed by atoms with Gasteiger partial charge in [-0.3, -0.25) is 14.9 Å². The summed E-state index contributed by atoms with van der Waals surface area (Å²) < 4.78 is 4.92. The molecular formula is C13H13N3O5S. The molecular weight excluding hydrogens is 310 g/mol. The number of carboxylic acids is 1. The first kappa shape index (κ1) is 15.9. The lowest BCUT2D eigenvalue weighted by Crippen LogP contribution is -2.14. The summed E-state index contributed by atoms with van der Waals surface area (Å²) in [4.78, 5) is 21.8. The molecule has 22 heavy (non-hydrogen) atoms. The molecule has 3 N–H and O–H groups in total. The van der Waals surface area contributed by atoms with Gasteiger partial charge in [0.05, 0.1) is 11.3 Å². The fourth-order valence-electron chi connectivity index (χ4n) is 1.94. The summed E-state index contributed by atoms with van der Waals surface area (Å²) in [6.45, 7) is 1.48. The van der Waals surface area contributed by atoms with E-state index in [1.54, 1.807) is 17.5 Å². The fourth-order valence-corrected chi connectivity index (χ4v) is 2.80. The van der Waals surface area contributed by atoms with Gasteiger partial charge >= 0.3 is 11.7 Å². The largest absolute Gasteiger partial charge is 0.481 e. The number of nitrogens with two attached hydrogens (primary N) is 1. The molecule has 116 valence electrons. The molecule has 0 bridgehead atoms. The van der Waals surface area contributed by atoms with Crippen LogP contribution in [0.5, 0.6) is 0 Å². The van der Waals surface area contributed by atoms with Crippen LogP contribution in [-0.2, 0) is 4.79 Å². The molecule has 9 heteroatoms. The number of thiophene rings is 1. The van der Waals surface area contributed by atoms with Gasteiger partial charge in [0.2, 0.25) is 5.76 Å². The lowest BCUT2D eigenvalue weighted by molar-refractivity contribution is -0.386. The molecule has 2 heterocycles. The Balaban J connectivity index is 2.27. The first-order chi connectivity index (χ1) is 10.4. The van der Waals surface area contributed by atoms with Gasteiger partial charge in [-0.2, -0.15) is 0 Å². The van der Waals surface area contributed by atoms with Crippen LogP contribution in [0.4, 0.5) is 5.69 Å². The Morgan fingerprint density at radius 3 is 3.00 bits per heavy atom. The smallest absolute Gasteiger partial charge is 0.338 e. The highest BCUT2D eigenvalue weighted by Gasteiger charge is 2.22. The minimum atomic E-state index is -0.991. The van der Waals surface area contributed by atoms with Gasteiger partial charge in [0.1, 0.15) is 0 Å². The molecule has 1 atom stereocenters. The molecule has 0 aromatic carbocycles. The SMILES string of the molecule is Cc1noc(/C=C/c2sccc2C(N)CC(=O)O)c1[N+](=O)[O-]. The molecule has 8 nitrogen and oxygen atoms in total. The first-order valence-corrected chi connectivity index (χ1v) is 7.11. The maximum Gasteiger partial charge on any atom is 0.338 e. The standard InChI is InChI=1S/C13H13N3O5S/c1-7-13(16(19)20)10(21-15-7)2-3-11-8(4-5-22-11)9(14)6-12(17)18/h2-5,9H,6,14H2,1H3,(H,17,18)/b3-2+. The van der Waals surface area contributed by atoms with Crippen LogP contribution < -0.4 is 5.73 Å². The van der Waals surface area contributed by atoms with Crippen molar-refractivity contribution in [1.82, 2.24) is 5.16 Å². The zero-order chi connectivity index (χ0) is 16.3. The van der Waals surface area contributed by atoms with Crippen LogP contribution in [0.3, 0.4) is 0 Å². The molecule has 0 saturated carbocycles. The van der Waals surface area contributed by atoms with E-state index in [-0.39, 0.29) is 23.6 Å². The number of aliphatic carboxylic acids is 1. The van der Waals surface area contributed by atoms with Gasteiger partial charge in [0.15, 0.2) is 5.69 Å². The minimum absolute atomic E-state index is 0.0358. The highest BCUT2D eigenvalue weighted by molar-refractivity contribution is 7.11. The van der Waals surface area contributed by atoms with E-state index < -0.39 is 16.9 Å². The third-order valence-corrected chi connectivity index (χ3v) is 3.84. The number of hydrogen-bond acceptors (Lipinski definition) is 7. The fraction of sp³-hybridized carbons (Fsp3) is 0.231. The van der Waals surface area contributed by atoms with Crippen LogP contribution in [0.1, 0.15) is 34.4 Å². The Morgan fingerprint density at radius 2 is 2.36 bits per heavy atom. The van der Waals surface area contributed by atoms with Gasteiger partial charge < -0.3 is 15.4 Å². The topological polar surface area (TPSA) is 132 Å². The highest BCUT2D eigenvalue weighted by Crippen LogP contribution is 2.29. The molecule has 2 aromatic heterocycles. The van der Waals surface area contributed by atoms with Crippen LogP contribution in [0.2, 0.25) is 0 Å². The van der Waals surface area contributed by atoms with E-state index in [0.29, 0.717) is 5.56 Å². The van der Waals surface area contributed by atoms with Crippen molar-refractivity contribution in [1.29, 1.82) is 0 Å². The molecule has 2 rings (SSSR count). The lowest BCUT2D eigenvalue weighted by Gasteiger charge is -2.08. The summed E-state index contributed by atoms with van der Waals surface area (Å²) >= 11 is 1.35. The Kier molecular flexibility index (Phi) is 4.68. The lowest BCUT2D eigenvalue weighted by atomic mass is 10.1. The zero-order valence-corrected chi connectivity index (χ0v) is 12.4. The van der Waals surface area contributed by atoms with E-state index in [4.69, 9.17) is 15.4 Å². The van der Waals surface area contributed by atoms with Gasteiger partial charge in [0, 0.05) is 10.9 Å². The van der Waals surface area contributed by atoms with E-state index in [9.17, 15) is 14.9 Å². The minimum Gasteiger partial charge on any atom is -0.481 e. The number of aryl methyl sites for hydroxylation is 1. The van der Waals surface area contributed by atoms with Crippen LogP contribution in [0.15, 0.2) is 16.0 Å². The van der Waals surface area contributed by atoms with Gasteiger partial charge in [-0.15, -0.1) is 11.3 Å². The molecule has 0 saturated heterocycles. The van der Waals surface area contributed by atoms with Crippen LogP contribution in [0.25, 0.3) is 12.2 Å². The summed E-state index contributed by atoms with van der Waals surface area (Å²) in [5, 5.41) is 25.1. The van der Waals surface area contributed by atoms with Crippen molar-refractivity contribution in [3.8, 4) is 0 Å². The van der Waals surface area contributed by atoms with E-state index in [1.807, 2.05) is 0 Å². The summed E-state index contributed by atoms with van der Waals surface area (Å²) in [6.07, 6.45) is 2.84. The van der Waals surface area contributed by atoms with Crippen LogP contribution in [0, 0.1) is 17.0 Å². The average molecular weight is 323 g/mol. The molecule has 0 fully saturated rings. The van der Waals surface area contributed by atoms with Gasteiger partial charge in [0.25, 0.3) is 0 Å². The van der Waals surface area contributed by atoms with Gasteiger partial charge in [-0.05, 0) is 36.1 Å². The second-order valence-electron chi connectivity index (χ2n) is 4.52. The Hall–Kier alpha value is -2.52. The predicted octanol–water partition coefficient (Wildman–Crippen LogP) is 2.60. The van der Waals surface area contributed by atoms with Gasteiger partial charge in [-0.1, -0.05) is 5.16 Å². The predicted molar refractivity (Wildman–Crippen MR) is 80.3 cm³/mol. The second-order valence-corrected chi connectivity index (χ2v) is 5.46. The molecule has 0 aliphatic rings. The number of aromatic nitrogens is 1. The number of nitro groups is 1. The maximum absolute atomic E-state index is 11.0. The first-order valence-electron chi connectivity index (χ1n) is 6.23. The number of nitrogens with zero attached hydrogens (tertiary/aromatic N) is 2. The average Bonchev–Trinajstić information content (AvgIpc) is 3.01. The van der Waals surface area contributed by atoms with Gasteiger partial charge in [-0.25, -0.2) is 0 Å². The van der Waals surface area contributed by atoms with Crippen LogP contribution in [-0.4, -0.2) is 21.2 Å². The molecule has 2 aromatic rings. The van der Waals surface area contributed by atoms with E-state index in [1.165, 1.54) is 24.3 Å². The van der Waals surface area contributed by atoms with Crippen molar-refractivity contribution in [3.63, 3.8) is 0 Å². The van der Waals surface area contributed by atoms with Crippen molar-refractivity contribution in [2.45, 2.75) is 19.4 Å². The highest BCUT2D eigenvalue weighted by atomic mass is 32.1. The molecule has 0 spiro atoms. The van der Waals surface area contributed by atoms with Crippen molar-refractivity contribution in [2.75, 3.05) is 0 Å². The molecule has 1 unspecified atom stereocenters. The third kappa shape index (κ3) is 3.38. The summed E-state index contributed by atoms with van der Waals surface area (Å²) in [5.41, 5.74) is 6.51. The Labute approximate surface area is 129 Å². The quantitative estimate of drug-likeness (QED) is 0.616. The van der Waals surface area contributed by atoms with E-state index >= 15 is 0 Å². The summed E-state index contributed by atoms with van der Waals surface area (Å²) in [5.74, 6) is -0.955. The molecule has 0 aliphatic heterocycles. The maximum atomic E-state index is 11.0. The van der Waals surface area contributed by atoms with Crippen molar-refractivity contribution in [3.05, 3.63) is 43.5 Å². The number of rotatable bonds is 6.